The number of carbonyl (C=O) groups excluding carboxylic acids is 4. The predicted octanol–water partition coefficient (Wildman–Crippen LogP) is 4.46. The maximum Gasteiger partial charge on any atom is 0.245 e. The molecule has 12 heteroatoms. The molecule has 0 aliphatic carbocycles. The lowest BCUT2D eigenvalue weighted by molar-refractivity contribution is -0.143. The second-order valence-corrected chi connectivity index (χ2v) is 13.8. The van der Waals surface area contributed by atoms with Gasteiger partial charge >= 0.3 is 0 Å². The van der Waals surface area contributed by atoms with Gasteiger partial charge in [0, 0.05) is 39.0 Å². The van der Waals surface area contributed by atoms with Crippen LogP contribution < -0.4 is 0 Å². The summed E-state index contributed by atoms with van der Waals surface area (Å²) in [5.74, 6) is 1.65. The van der Waals surface area contributed by atoms with Crippen molar-refractivity contribution in [2.75, 3.05) is 26.2 Å². The Morgan fingerprint density at radius 1 is 0.667 bits per heavy atom. The number of rotatable bonds is 7. The number of aromatic nitrogens is 4. The Balaban J connectivity index is 1.01. The summed E-state index contributed by atoms with van der Waals surface area (Å²) in [7, 11) is 0. The van der Waals surface area contributed by atoms with E-state index in [1.54, 1.807) is 9.80 Å². The van der Waals surface area contributed by atoms with Gasteiger partial charge in [0.1, 0.15) is 23.7 Å². The van der Waals surface area contributed by atoms with Crippen molar-refractivity contribution >= 4 is 45.7 Å². The van der Waals surface area contributed by atoms with Gasteiger partial charge in [0.2, 0.25) is 23.6 Å². The molecule has 48 heavy (non-hydrogen) atoms. The maximum atomic E-state index is 13.5. The van der Waals surface area contributed by atoms with E-state index in [4.69, 9.17) is 9.97 Å². The van der Waals surface area contributed by atoms with Crippen LogP contribution in [-0.2, 0) is 19.2 Å². The van der Waals surface area contributed by atoms with E-state index in [2.05, 4.69) is 34.2 Å². The van der Waals surface area contributed by atoms with Crippen molar-refractivity contribution in [1.29, 1.82) is 0 Å². The molecule has 4 aliphatic heterocycles. The van der Waals surface area contributed by atoms with Gasteiger partial charge in [-0.15, -0.1) is 0 Å². The Bertz CT molecular complexity index is 1790. The fraction of sp³-hybridized carbons (Fsp3) is 0.500. The minimum absolute atomic E-state index is 0.0116. The molecule has 0 bridgehead atoms. The van der Waals surface area contributed by atoms with Crippen LogP contribution in [0.4, 0.5) is 0 Å². The van der Waals surface area contributed by atoms with Gasteiger partial charge in [0.15, 0.2) is 0 Å². The number of nitrogens with one attached hydrogen (secondary N) is 2. The van der Waals surface area contributed by atoms with Crippen molar-refractivity contribution in [3.8, 4) is 11.1 Å². The first kappa shape index (κ1) is 30.6. The Morgan fingerprint density at radius 3 is 1.50 bits per heavy atom. The molecule has 0 radical (unpaired) electrons. The fourth-order valence-electron chi connectivity index (χ4n) is 8.27. The summed E-state index contributed by atoms with van der Waals surface area (Å²) >= 11 is 0. The molecule has 12 nitrogen and oxygen atoms in total. The summed E-state index contributed by atoms with van der Waals surface area (Å²) in [5.41, 5.74) is 5.55. The van der Waals surface area contributed by atoms with Crippen LogP contribution in [0, 0.1) is 0 Å². The van der Waals surface area contributed by atoms with Crippen LogP contribution in [0.15, 0.2) is 36.4 Å². The van der Waals surface area contributed by atoms with Crippen LogP contribution in [0.25, 0.3) is 33.2 Å². The molecule has 0 spiro atoms. The van der Waals surface area contributed by atoms with E-state index in [1.807, 2.05) is 35.8 Å². The molecule has 4 saturated heterocycles. The zero-order chi connectivity index (χ0) is 33.1. The number of carbonyl (C=O) groups is 4. The van der Waals surface area contributed by atoms with Crippen LogP contribution in [-0.4, -0.2) is 101 Å². The molecule has 250 valence electrons. The van der Waals surface area contributed by atoms with Crippen LogP contribution in [0.2, 0.25) is 0 Å². The van der Waals surface area contributed by atoms with Crippen LogP contribution >= 0.6 is 0 Å². The molecule has 4 amide bonds. The third kappa shape index (κ3) is 5.21. The molecule has 8 rings (SSSR count). The lowest BCUT2D eigenvalue weighted by Crippen LogP contribution is -2.47. The van der Waals surface area contributed by atoms with Crippen LogP contribution in [0.5, 0.6) is 0 Å². The van der Waals surface area contributed by atoms with E-state index >= 15 is 0 Å². The molecular formula is C36H42N8O4. The molecule has 4 atom stereocenters. The summed E-state index contributed by atoms with van der Waals surface area (Å²) in [4.78, 5) is 75.6. The maximum absolute atomic E-state index is 13.5. The summed E-state index contributed by atoms with van der Waals surface area (Å²) in [6.45, 7) is 6.29. The quantitative estimate of drug-likeness (QED) is 0.303. The molecular weight excluding hydrogens is 608 g/mol. The fourth-order valence-corrected chi connectivity index (χ4v) is 8.27. The number of hydrogen-bond acceptors (Lipinski definition) is 6. The molecule has 2 aromatic heterocycles. The summed E-state index contributed by atoms with van der Waals surface area (Å²) < 4.78 is 0. The zero-order valence-electron chi connectivity index (χ0n) is 27.6. The van der Waals surface area contributed by atoms with Gasteiger partial charge in [-0.3, -0.25) is 19.2 Å². The molecule has 2 aromatic carbocycles. The average Bonchev–Trinajstić information content (AvgIpc) is 3.94. The number of H-pyrrole nitrogens is 2. The summed E-state index contributed by atoms with van der Waals surface area (Å²) in [5, 5.41) is 0. The summed E-state index contributed by atoms with van der Waals surface area (Å²) in [6.07, 6.45) is 6.11. The van der Waals surface area contributed by atoms with Crippen LogP contribution in [0.3, 0.4) is 0 Å². The molecule has 0 saturated carbocycles. The molecule has 4 aliphatic rings. The highest BCUT2D eigenvalue weighted by atomic mass is 16.2. The minimum atomic E-state index is -0.462. The Morgan fingerprint density at radius 2 is 1.10 bits per heavy atom. The van der Waals surface area contributed by atoms with E-state index in [1.165, 1.54) is 0 Å². The van der Waals surface area contributed by atoms with E-state index in [0.29, 0.717) is 39.0 Å². The van der Waals surface area contributed by atoms with Gasteiger partial charge in [-0.1, -0.05) is 12.1 Å². The Kier molecular flexibility index (Phi) is 7.68. The zero-order valence-corrected chi connectivity index (χ0v) is 27.6. The molecule has 6 heterocycles. The topological polar surface area (TPSA) is 139 Å². The number of likely N-dealkylation sites (tertiary alicyclic amines) is 4. The highest BCUT2D eigenvalue weighted by Crippen LogP contribution is 2.36. The van der Waals surface area contributed by atoms with Gasteiger partial charge in [0.25, 0.3) is 0 Å². The SMILES string of the molecule is C[C@@H](C(=O)N1CCC[C@H]1c1nc2ccc(-c3ccc4nc([C@@H]5CCCN5C(=O)[C@H](C)N5CCCC5=O)[nH]c4c3)cc2[nH]1)N1CCCC1=O. The highest BCUT2D eigenvalue weighted by molar-refractivity contribution is 5.90. The van der Waals surface area contributed by atoms with Crippen molar-refractivity contribution in [2.45, 2.75) is 89.4 Å². The number of fused-ring (bicyclic) bond motifs is 2. The first-order chi connectivity index (χ1) is 23.3. The van der Waals surface area contributed by atoms with Gasteiger partial charge < -0.3 is 29.6 Å². The van der Waals surface area contributed by atoms with Gasteiger partial charge in [0.05, 0.1) is 34.2 Å². The third-order valence-electron chi connectivity index (χ3n) is 10.9. The smallest absolute Gasteiger partial charge is 0.245 e. The number of amides is 4. The lowest BCUT2D eigenvalue weighted by atomic mass is 10.0. The summed E-state index contributed by atoms with van der Waals surface area (Å²) in [6, 6.07) is 11.1. The second kappa shape index (κ2) is 12.1. The minimum Gasteiger partial charge on any atom is -0.340 e. The van der Waals surface area contributed by atoms with Crippen molar-refractivity contribution in [3.05, 3.63) is 48.0 Å². The molecule has 0 unspecified atom stereocenters. The Labute approximate surface area is 278 Å². The Hall–Kier alpha value is -4.74. The highest BCUT2D eigenvalue weighted by Gasteiger charge is 2.40. The number of nitrogens with zero attached hydrogens (tertiary/aromatic N) is 6. The molecule has 2 N–H and O–H groups in total. The monoisotopic (exact) mass is 650 g/mol. The number of benzene rings is 2. The predicted molar refractivity (Wildman–Crippen MR) is 179 cm³/mol. The van der Waals surface area contributed by atoms with Crippen molar-refractivity contribution < 1.29 is 19.2 Å². The van der Waals surface area contributed by atoms with E-state index in [-0.39, 0.29) is 35.7 Å². The normalized spacial score (nSPS) is 23.0. The second-order valence-electron chi connectivity index (χ2n) is 13.8. The third-order valence-corrected chi connectivity index (χ3v) is 10.9. The van der Waals surface area contributed by atoms with Crippen molar-refractivity contribution in [3.63, 3.8) is 0 Å². The number of aromatic amines is 2. The van der Waals surface area contributed by atoms with E-state index in [0.717, 1.165) is 83.4 Å². The standard InChI is InChI=1S/C36H42N8O4/c1-21(41-15-5-9-31(41)45)35(47)43-17-3-7-29(43)33-37-25-13-11-23(19-27(25)39-33)24-12-14-26-28(20-24)40-34(38-26)30-8-4-18-44(30)36(48)22(2)42-16-6-10-32(42)46/h11-14,19-22,29-30H,3-10,15-18H2,1-2H3,(H,37,39)(H,38,40)/t21-,22-,29-,30-/m0/s1. The van der Waals surface area contributed by atoms with E-state index < -0.39 is 12.1 Å². The molecule has 4 aromatic rings. The first-order valence-electron chi connectivity index (χ1n) is 17.5. The number of imidazole rings is 2. The molecule has 4 fully saturated rings. The first-order valence-corrected chi connectivity index (χ1v) is 17.5. The van der Waals surface area contributed by atoms with Crippen LogP contribution in [0.1, 0.15) is 88.9 Å². The average molecular weight is 651 g/mol. The van der Waals surface area contributed by atoms with E-state index in [9.17, 15) is 19.2 Å². The largest absolute Gasteiger partial charge is 0.340 e. The van der Waals surface area contributed by atoms with Gasteiger partial charge in [-0.05, 0) is 87.8 Å². The van der Waals surface area contributed by atoms with Gasteiger partial charge in [-0.25, -0.2) is 9.97 Å². The van der Waals surface area contributed by atoms with Gasteiger partial charge in [-0.2, -0.15) is 0 Å². The lowest BCUT2D eigenvalue weighted by Gasteiger charge is -2.30. The van der Waals surface area contributed by atoms with Crippen molar-refractivity contribution in [2.24, 2.45) is 0 Å². The number of hydrogen-bond donors (Lipinski definition) is 2. The van der Waals surface area contributed by atoms with Crippen molar-refractivity contribution in [1.82, 2.24) is 39.5 Å².